The quantitative estimate of drug-likeness (QED) is 0.393. The number of benzene rings is 2. The molecule has 6 rings (SSSR count). The highest BCUT2D eigenvalue weighted by molar-refractivity contribution is 5.97. The van der Waals surface area contributed by atoms with E-state index < -0.39 is 0 Å². The van der Waals surface area contributed by atoms with Gasteiger partial charge in [0, 0.05) is 37.1 Å². The van der Waals surface area contributed by atoms with Crippen molar-refractivity contribution in [2.24, 2.45) is 5.92 Å². The van der Waals surface area contributed by atoms with Crippen molar-refractivity contribution >= 4 is 11.6 Å². The molecule has 4 heterocycles. The molecule has 1 unspecified atom stereocenters. The molecule has 0 aliphatic carbocycles. The number of hydrogen-bond donors (Lipinski definition) is 0. The number of carbonyl (C=O) groups excluding carboxylic acids is 1. The summed E-state index contributed by atoms with van der Waals surface area (Å²) in [5.74, 6) is 1.85. The standard InChI is InChI=1S/C28H27N7O/c1-18-30-31-27-26-13-22(20-6-4-19(14-29)5-7-20)16-33(26)17-23-12-24(8-9-25(23)35(18)27)34-11-10-21(28(34)36)15-32(2)3/h4-9,12-13,16,21H,10-11,15,17H2,1-3H3. The first-order valence-corrected chi connectivity index (χ1v) is 12.2. The van der Waals surface area contributed by atoms with Gasteiger partial charge in [-0.05, 0) is 75.0 Å². The number of aryl methyl sites for hydroxylation is 1. The van der Waals surface area contributed by atoms with Gasteiger partial charge in [0.25, 0.3) is 0 Å². The van der Waals surface area contributed by atoms with Crippen molar-refractivity contribution < 1.29 is 4.79 Å². The van der Waals surface area contributed by atoms with Crippen LogP contribution in [-0.2, 0) is 11.3 Å². The number of amides is 1. The highest BCUT2D eigenvalue weighted by atomic mass is 16.2. The Morgan fingerprint density at radius 3 is 2.64 bits per heavy atom. The molecule has 0 spiro atoms. The molecule has 0 saturated carbocycles. The minimum Gasteiger partial charge on any atom is -0.340 e. The van der Waals surface area contributed by atoms with Crippen molar-refractivity contribution in [3.63, 3.8) is 0 Å². The van der Waals surface area contributed by atoms with E-state index >= 15 is 0 Å². The van der Waals surface area contributed by atoms with Crippen molar-refractivity contribution in [3.8, 4) is 34.4 Å². The van der Waals surface area contributed by atoms with Gasteiger partial charge in [0.1, 0.15) is 5.82 Å². The molecule has 0 bridgehead atoms. The lowest BCUT2D eigenvalue weighted by molar-refractivity contribution is -0.120. The lowest BCUT2D eigenvalue weighted by atomic mass is 10.1. The van der Waals surface area contributed by atoms with Crippen molar-refractivity contribution in [1.29, 1.82) is 5.26 Å². The molecule has 0 N–H and O–H groups in total. The minimum atomic E-state index is 0.0385. The van der Waals surface area contributed by atoms with Gasteiger partial charge >= 0.3 is 0 Å². The van der Waals surface area contributed by atoms with E-state index in [1.54, 1.807) is 0 Å². The fourth-order valence-corrected chi connectivity index (χ4v) is 5.41. The maximum atomic E-state index is 13.1. The molecule has 2 aliphatic heterocycles. The van der Waals surface area contributed by atoms with Crippen molar-refractivity contribution in [3.05, 3.63) is 71.7 Å². The second-order valence-corrected chi connectivity index (χ2v) is 9.89. The van der Waals surface area contributed by atoms with Crippen molar-refractivity contribution in [2.75, 3.05) is 32.1 Å². The summed E-state index contributed by atoms with van der Waals surface area (Å²) in [5.41, 5.74) is 6.81. The summed E-state index contributed by atoms with van der Waals surface area (Å²) >= 11 is 0. The Kier molecular flexibility index (Phi) is 5.23. The summed E-state index contributed by atoms with van der Waals surface area (Å²) in [6, 6.07) is 18.2. The van der Waals surface area contributed by atoms with Gasteiger partial charge in [0.15, 0.2) is 5.82 Å². The van der Waals surface area contributed by atoms with Gasteiger partial charge in [0.2, 0.25) is 5.91 Å². The van der Waals surface area contributed by atoms with Gasteiger partial charge in [-0.1, -0.05) is 12.1 Å². The number of nitrogens with zero attached hydrogens (tertiary/aromatic N) is 7. The summed E-state index contributed by atoms with van der Waals surface area (Å²) in [5, 5.41) is 18.0. The Morgan fingerprint density at radius 1 is 1.08 bits per heavy atom. The molecule has 8 nitrogen and oxygen atoms in total. The van der Waals surface area contributed by atoms with Gasteiger partial charge in [-0.15, -0.1) is 10.2 Å². The molecular formula is C28H27N7O. The number of fused-ring (bicyclic) bond motifs is 5. The third-order valence-corrected chi connectivity index (χ3v) is 7.16. The van der Waals surface area contributed by atoms with Crippen LogP contribution < -0.4 is 4.90 Å². The third-order valence-electron chi connectivity index (χ3n) is 7.16. The van der Waals surface area contributed by atoms with E-state index in [4.69, 9.17) is 5.26 Å². The van der Waals surface area contributed by atoms with Crippen LogP contribution in [0.2, 0.25) is 0 Å². The molecule has 180 valence electrons. The van der Waals surface area contributed by atoms with Gasteiger partial charge < -0.3 is 14.4 Å². The van der Waals surface area contributed by atoms with Crippen LogP contribution in [0.25, 0.3) is 28.3 Å². The van der Waals surface area contributed by atoms with E-state index in [-0.39, 0.29) is 11.8 Å². The van der Waals surface area contributed by atoms with Crippen LogP contribution in [0.3, 0.4) is 0 Å². The van der Waals surface area contributed by atoms with Crippen molar-refractivity contribution in [1.82, 2.24) is 24.2 Å². The molecule has 1 saturated heterocycles. The molecule has 4 aromatic rings. The van der Waals surface area contributed by atoms with Crippen LogP contribution in [0.1, 0.15) is 23.4 Å². The first kappa shape index (κ1) is 22.3. The monoisotopic (exact) mass is 477 g/mol. The normalized spacial score (nSPS) is 16.5. The van der Waals surface area contributed by atoms with E-state index in [2.05, 4.69) is 54.7 Å². The van der Waals surface area contributed by atoms with Crippen LogP contribution in [-0.4, -0.2) is 57.3 Å². The Hall–Kier alpha value is -4.22. The fourth-order valence-electron chi connectivity index (χ4n) is 5.41. The van der Waals surface area contributed by atoms with E-state index in [1.807, 2.05) is 56.3 Å². The summed E-state index contributed by atoms with van der Waals surface area (Å²) in [6.07, 6.45) is 3.00. The number of carbonyl (C=O) groups is 1. The minimum absolute atomic E-state index is 0.0385. The molecule has 2 aromatic carbocycles. The van der Waals surface area contributed by atoms with Crippen molar-refractivity contribution in [2.45, 2.75) is 19.9 Å². The molecule has 36 heavy (non-hydrogen) atoms. The first-order chi connectivity index (χ1) is 17.4. The molecule has 1 fully saturated rings. The van der Waals surface area contributed by atoms with Gasteiger partial charge in [-0.2, -0.15) is 5.26 Å². The SMILES string of the molecule is Cc1nnc2n1-c1ccc(N3CCC(CN(C)C)C3=O)cc1Cn1cc(-c3ccc(C#N)cc3)cc1-2. The fraction of sp³-hybridized carbons (Fsp3) is 0.286. The second-order valence-electron chi connectivity index (χ2n) is 9.89. The topological polar surface area (TPSA) is 83.0 Å². The summed E-state index contributed by atoms with van der Waals surface area (Å²) < 4.78 is 4.30. The van der Waals surface area contributed by atoms with Crippen LogP contribution in [0.5, 0.6) is 0 Å². The summed E-state index contributed by atoms with van der Waals surface area (Å²) in [4.78, 5) is 17.2. The third kappa shape index (κ3) is 3.60. The Bertz CT molecular complexity index is 1520. The van der Waals surface area contributed by atoms with Crippen LogP contribution in [0.15, 0.2) is 54.7 Å². The summed E-state index contributed by atoms with van der Waals surface area (Å²) in [6.45, 7) is 4.13. The highest BCUT2D eigenvalue weighted by Gasteiger charge is 2.33. The van der Waals surface area contributed by atoms with Crippen LogP contribution >= 0.6 is 0 Å². The lowest BCUT2D eigenvalue weighted by Crippen LogP contribution is -2.31. The predicted molar refractivity (Wildman–Crippen MR) is 138 cm³/mol. The molecule has 1 amide bonds. The number of aromatic nitrogens is 4. The van der Waals surface area contributed by atoms with E-state index in [1.165, 1.54) is 0 Å². The molecule has 2 aromatic heterocycles. The molecule has 1 atom stereocenters. The molecule has 8 heteroatoms. The number of hydrogen-bond acceptors (Lipinski definition) is 5. The Balaban J connectivity index is 1.41. The average Bonchev–Trinajstić information content (AvgIpc) is 3.54. The Labute approximate surface area is 210 Å². The zero-order valence-corrected chi connectivity index (χ0v) is 20.6. The predicted octanol–water partition coefficient (Wildman–Crippen LogP) is 3.86. The molecular weight excluding hydrogens is 450 g/mol. The molecule has 0 radical (unpaired) electrons. The number of nitriles is 1. The smallest absolute Gasteiger partial charge is 0.231 e. The maximum Gasteiger partial charge on any atom is 0.231 e. The van der Waals surface area contributed by atoms with Crippen LogP contribution in [0, 0.1) is 24.2 Å². The number of anilines is 1. The van der Waals surface area contributed by atoms with E-state index in [0.717, 1.165) is 64.9 Å². The molecule has 2 aliphatic rings. The van der Waals surface area contributed by atoms with Gasteiger partial charge in [0.05, 0.1) is 28.9 Å². The van der Waals surface area contributed by atoms with Crippen LogP contribution in [0.4, 0.5) is 5.69 Å². The van der Waals surface area contributed by atoms with E-state index in [9.17, 15) is 4.79 Å². The first-order valence-electron chi connectivity index (χ1n) is 12.2. The van der Waals surface area contributed by atoms with Gasteiger partial charge in [-0.3, -0.25) is 9.36 Å². The zero-order chi connectivity index (χ0) is 25.0. The average molecular weight is 478 g/mol. The lowest BCUT2D eigenvalue weighted by Gasteiger charge is -2.20. The maximum absolute atomic E-state index is 13.1. The Morgan fingerprint density at radius 2 is 1.89 bits per heavy atom. The highest BCUT2D eigenvalue weighted by Crippen LogP contribution is 2.36. The largest absolute Gasteiger partial charge is 0.340 e. The second kappa shape index (κ2) is 8.47. The summed E-state index contributed by atoms with van der Waals surface area (Å²) in [7, 11) is 4.02. The number of rotatable bonds is 4. The zero-order valence-electron chi connectivity index (χ0n) is 20.6. The van der Waals surface area contributed by atoms with E-state index in [0.29, 0.717) is 12.1 Å². The van der Waals surface area contributed by atoms with Gasteiger partial charge in [-0.25, -0.2) is 0 Å².